The first-order valence-corrected chi connectivity index (χ1v) is 9.98. The van der Waals surface area contributed by atoms with Crippen molar-refractivity contribution < 1.29 is 13.3 Å². The second-order valence-electron chi connectivity index (χ2n) is 5.68. The lowest BCUT2D eigenvalue weighted by Gasteiger charge is -2.09. The highest BCUT2D eigenvalue weighted by molar-refractivity contribution is 7.92. The van der Waals surface area contributed by atoms with Crippen LogP contribution >= 0.6 is 11.6 Å². The molecule has 0 saturated carbocycles. The predicted octanol–water partition coefficient (Wildman–Crippen LogP) is 3.89. The molecule has 0 fully saturated rings. The lowest BCUT2D eigenvalue weighted by atomic mass is 10.3. The molecule has 11 heteroatoms. The van der Waals surface area contributed by atoms with Crippen LogP contribution in [0.4, 0.5) is 17.1 Å². The molecule has 2 N–H and O–H groups in total. The zero-order valence-corrected chi connectivity index (χ0v) is 16.3. The van der Waals surface area contributed by atoms with Gasteiger partial charge in [0.25, 0.3) is 15.7 Å². The molecular weight excluding hydrogens is 418 g/mol. The molecule has 0 aliphatic heterocycles. The normalized spacial score (nSPS) is 11.3. The Balaban J connectivity index is 1.85. The average Bonchev–Trinajstić information content (AvgIpc) is 2.68. The van der Waals surface area contributed by atoms with Gasteiger partial charge in [-0.15, -0.1) is 0 Å². The molecule has 1 aromatic heterocycles. The highest BCUT2D eigenvalue weighted by Gasteiger charge is 2.21. The van der Waals surface area contributed by atoms with Crippen LogP contribution in [-0.2, 0) is 10.0 Å². The lowest BCUT2D eigenvalue weighted by Crippen LogP contribution is -2.13. The van der Waals surface area contributed by atoms with E-state index in [1.807, 2.05) is 0 Å². The third kappa shape index (κ3) is 5.27. The number of anilines is 2. The molecule has 0 radical (unpaired) electrons. The molecule has 0 saturated heterocycles. The Morgan fingerprint density at radius 2 is 1.93 bits per heavy atom. The Kier molecular flexibility index (Phi) is 6.05. The van der Waals surface area contributed by atoms with Crippen molar-refractivity contribution in [3.63, 3.8) is 0 Å². The van der Waals surface area contributed by atoms with E-state index in [0.717, 1.165) is 6.07 Å². The summed E-state index contributed by atoms with van der Waals surface area (Å²) in [5, 5.41) is 15.7. The number of hydrogen-bond acceptors (Lipinski definition) is 7. The van der Waals surface area contributed by atoms with Crippen LogP contribution in [0.2, 0.25) is 5.02 Å². The maximum atomic E-state index is 12.6. The van der Waals surface area contributed by atoms with Crippen molar-refractivity contribution >= 4 is 44.9 Å². The van der Waals surface area contributed by atoms with Gasteiger partial charge >= 0.3 is 0 Å². The van der Waals surface area contributed by atoms with Gasteiger partial charge in [-0.05, 0) is 42.5 Å². The number of benzene rings is 2. The Morgan fingerprint density at radius 1 is 1.10 bits per heavy atom. The summed E-state index contributed by atoms with van der Waals surface area (Å²) in [5.41, 5.74) is 2.91. The lowest BCUT2D eigenvalue weighted by molar-refractivity contribution is -0.384. The molecule has 0 aliphatic carbocycles. The Bertz CT molecular complexity index is 1170. The van der Waals surface area contributed by atoms with Crippen LogP contribution in [0.1, 0.15) is 5.69 Å². The molecule has 29 heavy (non-hydrogen) atoms. The minimum Gasteiger partial charge on any atom is -0.280 e. The quantitative estimate of drug-likeness (QED) is 0.332. The van der Waals surface area contributed by atoms with E-state index in [0.29, 0.717) is 10.7 Å². The van der Waals surface area contributed by atoms with Gasteiger partial charge in [0.1, 0.15) is 5.69 Å². The number of hydrazone groups is 1. The van der Waals surface area contributed by atoms with Crippen LogP contribution < -0.4 is 10.1 Å². The summed E-state index contributed by atoms with van der Waals surface area (Å²) in [6, 6.07) is 14.8. The average molecular weight is 432 g/mol. The van der Waals surface area contributed by atoms with Crippen LogP contribution in [-0.4, -0.2) is 24.5 Å². The number of nitro benzene ring substituents is 1. The van der Waals surface area contributed by atoms with Gasteiger partial charge in [-0.25, -0.2) is 8.42 Å². The summed E-state index contributed by atoms with van der Waals surface area (Å²) in [6.45, 7) is 0. The van der Waals surface area contributed by atoms with E-state index >= 15 is 0 Å². The number of nitro groups is 1. The van der Waals surface area contributed by atoms with E-state index < -0.39 is 20.6 Å². The van der Waals surface area contributed by atoms with E-state index in [1.54, 1.807) is 36.5 Å². The molecule has 0 bridgehead atoms. The van der Waals surface area contributed by atoms with Crippen molar-refractivity contribution in [3.05, 3.63) is 87.7 Å². The number of rotatable bonds is 7. The van der Waals surface area contributed by atoms with Crippen LogP contribution in [0.3, 0.4) is 0 Å². The summed E-state index contributed by atoms with van der Waals surface area (Å²) in [7, 11) is -4.06. The van der Waals surface area contributed by atoms with Gasteiger partial charge in [0, 0.05) is 17.3 Å². The number of halogens is 1. The Hall–Kier alpha value is -3.50. The number of nitrogens with one attached hydrogen (secondary N) is 2. The minimum absolute atomic E-state index is 0.0314. The number of hydrogen-bond donors (Lipinski definition) is 2. The van der Waals surface area contributed by atoms with E-state index in [-0.39, 0.29) is 16.3 Å². The third-order valence-corrected chi connectivity index (χ3v) is 5.24. The molecule has 0 aliphatic rings. The van der Waals surface area contributed by atoms with E-state index in [2.05, 4.69) is 20.2 Å². The molecule has 148 valence electrons. The highest BCUT2D eigenvalue weighted by atomic mass is 35.5. The molecule has 0 unspecified atom stereocenters. The second-order valence-corrected chi connectivity index (χ2v) is 7.80. The predicted molar refractivity (Wildman–Crippen MR) is 111 cm³/mol. The van der Waals surface area contributed by atoms with Crippen LogP contribution in [0.5, 0.6) is 0 Å². The fourth-order valence-electron chi connectivity index (χ4n) is 2.31. The second kappa shape index (κ2) is 8.67. The fourth-order valence-corrected chi connectivity index (χ4v) is 3.57. The number of pyridine rings is 1. The Labute approximate surface area is 171 Å². The van der Waals surface area contributed by atoms with Gasteiger partial charge in [-0.3, -0.25) is 25.2 Å². The van der Waals surface area contributed by atoms with Crippen LogP contribution in [0.15, 0.2) is 76.9 Å². The molecule has 1 heterocycles. The smallest absolute Gasteiger partial charge is 0.280 e. The van der Waals surface area contributed by atoms with Crippen molar-refractivity contribution in [1.29, 1.82) is 0 Å². The monoisotopic (exact) mass is 431 g/mol. The number of sulfonamides is 1. The minimum atomic E-state index is -4.06. The van der Waals surface area contributed by atoms with Gasteiger partial charge in [0.05, 0.1) is 27.4 Å². The maximum absolute atomic E-state index is 12.6. The zero-order valence-electron chi connectivity index (χ0n) is 14.7. The molecule has 0 atom stereocenters. The standard InChI is InChI=1S/C18H14ClN5O4S/c19-13-4-3-6-14(10-13)23-29(27,28)16-7-8-17(18(11-16)24(25)26)22-21-12-15-5-1-2-9-20-15/h1-12,22-23H. The van der Waals surface area contributed by atoms with Crippen molar-refractivity contribution in [2.24, 2.45) is 5.10 Å². The van der Waals surface area contributed by atoms with Crippen molar-refractivity contribution in [3.8, 4) is 0 Å². The van der Waals surface area contributed by atoms with Crippen molar-refractivity contribution in [2.75, 3.05) is 10.1 Å². The van der Waals surface area contributed by atoms with E-state index in [1.165, 1.54) is 30.5 Å². The summed E-state index contributed by atoms with van der Waals surface area (Å²) < 4.78 is 27.5. The first-order chi connectivity index (χ1) is 13.8. The van der Waals surface area contributed by atoms with Crippen LogP contribution in [0.25, 0.3) is 0 Å². The van der Waals surface area contributed by atoms with Crippen LogP contribution in [0, 0.1) is 10.1 Å². The summed E-state index contributed by atoms with van der Waals surface area (Å²) >= 11 is 5.85. The van der Waals surface area contributed by atoms with Gasteiger partial charge < -0.3 is 0 Å². The summed E-state index contributed by atoms with van der Waals surface area (Å²) in [4.78, 5) is 14.5. The summed E-state index contributed by atoms with van der Waals surface area (Å²) in [6.07, 6.45) is 2.96. The molecule has 0 spiro atoms. The van der Waals surface area contributed by atoms with Gasteiger partial charge in [0.15, 0.2) is 0 Å². The topological polar surface area (TPSA) is 127 Å². The molecule has 3 rings (SSSR count). The van der Waals surface area contributed by atoms with Crippen molar-refractivity contribution in [2.45, 2.75) is 4.90 Å². The van der Waals surface area contributed by atoms with Gasteiger partial charge in [-0.1, -0.05) is 23.7 Å². The molecule has 0 amide bonds. The largest absolute Gasteiger partial charge is 0.295 e. The van der Waals surface area contributed by atoms with Crippen molar-refractivity contribution in [1.82, 2.24) is 4.98 Å². The SMILES string of the molecule is O=[N+]([O-])c1cc(S(=O)(=O)Nc2cccc(Cl)c2)ccc1NN=Cc1ccccn1. The first kappa shape index (κ1) is 20.2. The van der Waals surface area contributed by atoms with Gasteiger partial charge in [0.2, 0.25) is 0 Å². The Morgan fingerprint density at radius 3 is 2.62 bits per heavy atom. The maximum Gasteiger partial charge on any atom is 0.295 e. The third-order valence-electron chi connectivity index (χ3n) is 3.62. The van der Waals surface area contributed by atoms with Gasteiger partial charge in [-0.2, -0.15) is 5.10 Å². The zero-order chi connectivity index (χ0) is 20.9. The molecular formula is C18H14ClN5O4S. The highest BCUT2D eigenvalue weighted by Crippen LogP contribution is 2.29. The fraction of sp³-hybridized carbons (Fsp3) is 0. The van der Waals surface area contributed by atoms with E-state index in [4.69, 9.17) is 11.6 Å². The molecule has 9 nitrogen and oxygen atoms in total. The first-order valence-electron chi connectivity index (χ1n) is 8.12. The van der Waals surface area contributed by atoms with E-state index in [9.17, 15) is 18.5 Å². The summed E-state index contributed by atoms with van der Waals surface area (Å²) in [5.74, 6) is 0. The molecule has 2 aromatic carbocycles. The molecule has 3 aromatic rings. The number of aromatic nitrogens is 1. The number of nitrogens with zero attached hydrogens (tertiary/aromatic N) is 3.